The lowest BCUT2D eigenvalue weighted by Gasteiger charge is -2.58. The largest absolute Gasteiger partial charge is 0.462 e. The van der Waals surface area contributed by atoms with Crippen molar-refractivity contribution in [1.29, 1.82) is 0 Å². The Bertz CT molecular complexity index is 652. The molecule has 0 aromatic carbocycles. The summed E-state index contributed by atoms with van der Waals surface area (Å²) in [6.07, 6.45) is 13.2. The average molecular weight is 373 g/mol. The van der Waals surface area contributed by atoms with Crippen LogP contribution in [0, 0.1) is 40.4 Å². The van der Waals surface area contributed by atoms with Gasteiger partial charge in [0.05, 0.1) is 0 Å². The van der Waals surface area contributed by atoms with Gasteiger partial charge in [0.15, 0.2) is 0 Å². The maximum atomic E-state index is 11.5. The van der Waals surface area contributed by atoms with Gasteiger partial charge in [0, 0.05) is 19.3 Å². The minimum Gasteiger partial charge on any atom is -0.462 e. The second-order valence-corrected chi connectivity index (χ2v) is 10.5. The fourth-order valence-electron chi connectivity index (χ4n) is 7.96. The molecular weight excluding hydrogens is 336 g/mol. The van der Waals surface area contributed by atoms with Gasteiger partial charge < -0.3 is 9.53 Å². The molecule has 27 heavy (non-hydrogen) atoms. The summed E-state index contributed by atoms with van der Waals surface area (Å²) in [6, 6.07) is 0. The van der Waals surface area contributed by atoms with Crippen LogP contribution in [-0.2, 0) is 14.3 Å². The van der Waals surface area contributed by atoms with Crippen molar-refractivity contribution in [3.8, 4) is 0 Å². The number of hydrogen-bond donors (Lipinski definition) is 0. The molecular formula is C24H36O3. The van der Waals surface area contributed by atoms with Crippen molar-refractivity contribution in [2.24, 2.45) is 40.4 Å². The Morgan fingerprint density at radius 1 is 1.19 bits per heavy atom. The highest BCUT2D eigenvalue weighted by molar-refractivity contribution is 5.66. The number of fused-ring (bicyclic) bond motifs is 5. The Morgan fingerprint density at radius 3 is 2.67 bits per heavy atom. The molecule has 3 nitrogen and oxygen atoms in total. The number of hydrogen-bond acceptors (Lipinski definition) is 3. The fourth-order valence-corrected chi connectivity index (χ4v) is 7.96. The van der Waals surface area contributed by atoms with Crippen molar-refractivity contribution >= 4 is 12.3 Å². The van der Waals surface area contributed by atoms with E-state index in [9.17, 15) is 9.59 Å². The van der Waals surface area contributed by atoms with Gasteiger partial charge >= 0.3 is 5.97 Å². The van der Waals surface area contributed by atoms with Crippen LogP contribution in [-0.4, -0.2) is 18.4 Å². The lowest BCUT2D eigenvalue weighted by molar-refractivity contribution is -0.148. The molecule has 3 fully saturated rings. The molecule has 0 spiro atoms. The Labute approximate surface area is 164 Å². The third-order valence-corrected chi connectivity index (χ3v) is 9.31. The number of allylic oxidation sites excluding steroid dienone is 1. The normalized spacial score (nSPS) is 47.1. The highest BCUT2D eigenvalue weighted by atomic mass is 16.5. The zero-order valence-corrected chi connectivity index (χ0v) is 17.5. The van der Waals surface area contributed by atoms with E-state index < -0.39 is 0 Å². The third kappa shape index (κ3) is 2.91. The Balaban J connectivity index is 1.57. The quantitative estimate of drug-likeness (QED) is 0.382. The molecule has 0 saturated heterocycles. The highest BCUT2D eigenvalue weighted by Gasteiger charge is 2.59. The van der Waals surface area contributed by atoms with Gasteiger partial charge in [0.1, 0.15) is 12.4 Å². The van der Waals surface area contributed by atoms with Gasteiger partial charge in [-0.3, -0.25) is 4.79 Å². The zero-order chi connectivity index (χ0) is 19.4. The number of carbonyl (C=O) groups is 2. The summed E-state index contributed by atoms with van der Waals surface area (Å²) >= 11 is 0. The van der Waals surface area contributed by atoms with Crippen LogP contribution in [0.5, 0.6) is 0 Å². The predicted octanol–water partition coefficient (Wildman–Crippen LogP) is 5.33. The summed E-state index contributed by atoms with van der Waals surface area (Å²) < 4.78 is 5.55. The molecule has 8 atom stereocenters. The second-order valence-electron chi connectivity index (χ2n) is 10.5. The molecule has 4 rings (SSSR count). The molecule has 0 aromatic heterocycles. The van der Waals surface area contributed by atoms with Crippen LogP contribution in [0.15, 0.2) is 11.6 Å². The van der Waals surface area contributed by atoms with Crippen LogP contribution >= 0.6 is 0 Å². The summed E-state index contributed by atoms with van der Waals surface area (Å²) in [4.78, 5) is 22.9. The summed E-state index contributed by atoms with van der Waals surface area (Å²) in [5.41, 5.74) is 2.19. The van der Waals surface area contributed by atoms with Gasteiger partial charge in [0.2, 0.25) is 0 Å². The van der Waals surface area contributed by atoms with Crippen molar-refractivity contribution in [2.45, 2.75) is 85.2 Å². The average Bonchev–Trinajstić information content (AvgIpc) is 2.98. The fraction of sp³-hybridized carbons (Fsp3) is 0.833. The molecule has 0 heterocycles. The molecule has 3 heteroatoms. The van der Waals surface area contributed by atoms with Crippen LogP contribution in [0.3, 0.4) is 0 Å². The van der Waals surface area contributed by atoms with Crippen LogP contribution < -0.4 is 0 Å². The lowest BCUT2D eigenvalue weighted by atomic mass is 9.47. The molecule has 4 aliphatic carbocycles. The number of ether oxygens (including phenoxy) is 1. The van der Waals surface area contributed by atoms with Crippen molar-refractivity contribution in [2.75, 3.05) is 0 Å². The van der Waals surface area contributed by atoms with Gasteiger partial charge in [-0.1, -0.05) is 32.4 Å². The van der Waals surface area contributed by atoms with Crippen LogP contribution in [0.2, 0.25) is 0 Å². The van der Waals surface area contributed by atoms with Gasteiger partial charge in [-0.15, -0.1) is 0 Å². The Hall–Kier alpha value is -1.12. The van der Waals surface area contributed by atoms with E-state index in [1.165, 1.54) is 45.3 Å². The lowest BCUT2D eigenvalue weighted by Crippen LogP contribution is -2.51. The third-order valence-electron chi connectivity index (χ3n) is 9.31. The molecule has 4 aliphatic rings. The molecule has 0 aromatic rings. The molecule has 0 bridgehead atoms. The standard InChI is InChI=1S/C24H36O3/c1-15(14-25)20-7-8-21-19-6-5-17-13-18(27-16(2)26)9-11-23(17,3)22(19)10-12-24(20,21)4/h5,14-15,18-22H,6-13H2,1-4H3/t15?,18?,19-,20+,21-,22-,23-,24+/m0/s1. The smallest absolute Gasteiger partial charge is 0.302 e. The Kier molecular flexibility index (Phi) is 4.79. The molecule has 0 aliphatic heterocycles. The minimum absolute atomic E-state index is 0.0801. The van der Waals surface area contributed by atoms with E-state index in [0.717, 1.165) is 37.0 Å². The first-order chi connectivity index (χ1) is 12.8. The predicted molar refractivity (Wildman–Crippen MR) is 106 cm³/mol. The van der Waals surface area contributed by atoms with Gasteiger partial charge in [-0.2, -0.15) is 0 Å². The summed E-state index contributed by atoms with van der Waals surface area (Å²) in [5, 5.41) is 0. The van der Waals surface area contributed by atoms with Gasteiger partial charge in [-0.05, 0) is 79.4 Å². The van der Waals surface area contributed by atoms with E-state index in [4.69, 9.17) is 4.74 Å². The molecule has 3 saturated carbocycles. The molecule has 0 radical (unpaired) electrons. The summed E-state index contributed by atoms with van der Waals surface area (Å²) in [6.45, 7) is 8.64. The second kappa shape index (κ2) is 6.74. The number of carbonyl (C=O) groups excluding carboxylic acids is 2. The van der Waals surface area contributed by atoms with Crippen molar-refractivity contribution < 1.29 is 14.3 Å². The van der Waals surface area contributed by atoms with Crippen molar-refractivity contribution in [3.63, 3.8) is 0 Å². The van der Waals surface area contributed by atoms with E-state index in [1.54, 1.807) is 5.57 Å². The summed E-state index contributed by atoms with van der Waals surface area (Å²) in [7, 11) is 0. The first-order valence-electron chi connectivity index (χ1n) is 11.1. The minimum atomic E-state index is -0.146. The maximum absolute atomic E-state index is 11.5. The van der Waals surface area contributed by atoms with Gasteiger partial charge in [-0.25, -0.2) is 0 Å². The molecule has 0 N–H and O–H groups in total. The number of aldehydes is 1. The van der Waals surface area contributed by atoms with Crippen molar-refractivity contribution in [3.05, 3.63) is 11.6 Å². The monoisotopic (exact) mass is 372 g/mol. The van der Waals surface area contributed by atoms with E-state index >= 15 is 0 Å². The molecule has 150 valence electrons. The van der Waals surface area contributed by atoms with Crippen LogP contribution in [0.4, 0.5) is 0 Å². The number of esters is 1. The highest BCUT2D eigenvalue weighted by Crippen LogP contribution is 2.67. The van der Waals surface area contributed by atoms with E-state index in [1.807, 2.05) is 0 Å². The SMILES string of the molecule is CC(=O)OC1CC[C@@]2(C)C(=CC[C@H]3[C@@H]4CC[C@H](C(C)C=O)[C@@]4(C)CC[C@@H]32)C1. The van der Waals surface area contributed by atoms with E-state index in [-0.39, 0.29) is 23.4 Å². The number of rotatable bonds is 3. The Morgan fingerprint density at radius 2 is 1.96 bits per heavy atom. The van der Waals surface area contributed by atoms with E-state index in [2.05, 4.69) is 26.8 Å². The van der Waals surface area contributed by atoms with Crippen molar-refractivity contribution in [1.82, 2.24) is 0 Å². The summed E-state index contributed by atoms with van der Waals surface area (Å²) in [5.74, 6) is 2.92. The first-order valence-corrected chi connectivity index (χ1v) is 11.1. The van der Waals surface area contributed by atoms with Crippen LogP contribution in [0.1, 0.15) is 79.1 Å². The van der Waals surface area contributed by atoms with Crippen LogP contribution in [0.25, 0.3) is 0 Å². The molecule has 0 amide bonds. The van der Waals surface area contributed by atoms with E-state index in [0.29, 0.717) is 11.3 Å². The topological polar surface area (TPSA) is 43.4 Å². The molecule has 2 unspecified atom stereocenters. The zero-order valence-electron chi connectivity index (χ0n) is 17.5. The maximum Gasteiger partial charge on any atom is 0.302 e. The van der Waals surface area contributed by atoms with Gasteiger partial charge in [0.25, 0.3) is 0 Å². The first kappa shape index (κ1) is 19.2.